The zero-order valence-electron chi connectivity index (χ0n) is 8.99. The van der Waals surface area contributed by atoms with Crippen molar-refractivity contribution < 1.29 is 14.3 Å². The number of aromatic amines is 1. The predicted octanol–water partition coefficient (Wildman–Crippen LogP) is 2.50. The third-order valence-electron chi connectivity index (χ3n) is 2.98. The first kappa shape index (κ1) is 9.89. The zero-order valence-corrected chi connectivity index (χ0v) is 8.99. The highest BCUT2D eigenvalue weighted by Crippen LogP contribution is 2.29. The second-order valence-electron chi connectivity index (χ2n) is 3.94. The van der Waals surface area contributed by atoms with Gasteiger partial charge in [-0.1, -0.05) is 12.1 Å². The fraction of sp³-hybridized carbons (Fsp3) is 0.0833. The van der Waals surface area contributed by atoms with Crippen molar-refractivity contribution in [1.82, 2.24) is 9.55 Å². The molecule has 4 nitrogen and oxygen atoms in total. The van der Waals surface area contributed by atoms with Crippen molar-refractivity contribution in [2.24, 2.45) is 7.05 Å². The summed E-state index contributed by atoms with van der Waals surface area (Å²) in [6, 6.07) is 6.26. The molecule has 0 aliphatic carbocycles. The molecule has 1 aromatic carbocycles. The van der Waals surface area contributed by atoms with Crippen LogP contribution in [0.2, 0.25) is 0 Å². The van der Waals surface area contributed by atoms with Gasteiger partial charge in [-0.05, 0) is 12.1 Å². The van der Waals surface area contributed by atoms with Gasteiger partial charge in [-0.3, -0.25) is 0 Å². The molecule has 5 heteroatoms. The first-order valence-corrected chi connectivity index (χ1v) is 5.08. The van der Waals surface area contributed by atoms with E-state index in [0.29, 0.717) is 21.9 Å². The molecule has 0 saturated carbocycles. The average molecular weight is 232 g/mol. The maximum absolute atomic E-state index is 13.5. The largest absolute Gasteiger partial charge is 0.477 e. The molecule has 0 aliphatic heterocycles. The van der Waals surface area contributed by atoms with Gasteiger partial charge in [0.25, 0.3) is 0 Å². The molecule has 2 aromatic heterocycles. The van der Waals surface area contributed by atoms with Gasteiger partial charge in [0.1, 0.15) is 11.5 Å². The normalized spacial score (nSPS) is 11.4. The number of carboxylic acid groups (broad SMARTS) is 1. The Bertz CT molecular complexity index is 755. The summed E-state index contributed by atoms with van der Waals surface area (Å²) in [6.45, 7) is 0. The Labute approximate surface area is 95.3 Å². The van der Waals surface area contributed by atoms with Crippen molar-refractivity contribution in [3.63, 3.8) is 0 Å². The number of H-pyrrole nitrogens is 1. The lowest BCUT2D eigenvalue weighted by molar-refractivity contribution is 0.0687. The first-order valence-electron chi connectivity index (χ1n) is 5.08. The van der Waals surface area contributed by atoms with Crippen LogP contribution in [-0.4, -0.2) is 20.6 Å². The third-order valence-corrected chi connectivity index (χ3v) is 2.98. The summed E-state index contributed by atoms with van der Waals surface area (Å²) in [5, 5.41) is 9.69. The van der Waals surface area contributed by atoms with Crippen LogP contribution in [0.1, 0.15) is 10.5 Å². The number of carboxylic acids is 1. The molecular formula is C12H9FN2O2. The Morgan fingerprint density at radius 1 is 1.47 bits per heavy atom. The van der Waals surface area contributed by atoms with E-state index in [1.807, 2.05) is 0 Å². The number of fused-ring (bicyclic) bond motifs is 3. The number of aryl methyl sites for hydroxylation is 1. The highest BCUT2D eigenvalue weighted by atomic mass is 19.1. The number of carbonyl (C=O) groups is 1. The number of benzene rings is 1. The van der Waals surface area contributed by atoms with Crippen LogP contribution in [0.15, 0.2) is 24.3 Å². The van der Waals surface area contributed by atoms with Crippen molar-refractivity contribution in [1.29, 1.82) is 0 Å². The number of hydrogen-bond acceptors (Lipinski definition) is 1. The molecule has 0 radical (unpaired) electrons. The number of hydrogen-bond donors (Lipinski definition) is 2. The molecule has 0 atom stereocenters. The molecule has 2 heterocycles. The summed E-state index contributed by atoms with van der Waals surface area (Å²) in [4.78, 5) is 13.9. The molecular weight excluding hydrogens is 223 g/mol. The van der Waals surface area contributed by atoms with Crippen molar-refractivity contribution in [3.05, 3.63) is 35.8 Å². The topological polar surface area (TPSA) is 58.0 Å². The summed E-state index contributed by atoms with van der Waals surface area (Å²) in [5.74, 6) is -1.34. The van der Waals surface area contributed by atoms with Gasteiger partial charge < -0.3 is 14.7 Å². The Balaban J connectivity index is 2.50. The number of para-hydroxylation sites is 1. The van der Waals surface area contributed by atoms with Crippen LogP contribution in [0, 0.1) is 5.82 Å². The smallest absolute Gasteiger partial charge is 0.352 e. The molecule has 3 aromatic rings. The lowest BCUT2D eigenvalue weighted by Crippen LogP contribution is -2.03. The fourth-order valence-corrected chi connectivity index (χ4v) is 2.21. The third kappa shape index (κ3) is 1.19. The Morgan fingerprint density at radius 3 is 2.94 bits per heavy atom. The number of nitrogens with zero attached hydrogens (tertiary/aromatic N) is 1. The van der Waals surface area contributed by atoms with Crippen LogP contribution >= 0.6 is 0 Å². The Kier molecular flexibility index (Phi) is 1.80. The molecule has 17 heavy (non-hydrogen) atoms. The van der Waals surface area contributed by atoms with Crippen LogP contribution in [0.5, 0.6) is 0 Å². The second kappa shape index (κ2) is 3.10. The predicted molar refractivity (Wildman–Crippen MR) is 61.7 cm³/mol. The fourth-order valence-electron chi connectivity index (χ4n) is 2.21. The summed E-state index contributed by atoms with van der Waals surface area (Å²) >= 11 is 0. The van der Waals surface area contributed by atoms with Crippen molar-refractivity contribution in [3.8, 4) is 0 Å². The molecule has 0 unspecified atom stereocenters. The van der Waals surface area contributed by atoms with Gasteiger partial charge in [-0.25, -0.2) is 9.18 Å². The van der Waals surface area contributed by atoms with Gasteiger partial charge in [0.05, 0.1) is 16.6 Å². The summed E-state index contributed by atoms with van der Waals surface area (Å²) in [6.07, 6.45) is 0. The minimum atomic E-state index is -0.998. The highest BCUT2D eigenvalue weighted by Gasteiger charge is 2.17. The van der Waals surface area contributed by atoms with E-state index in [1.54, 1.807) is 23.7 Å². The quantitative estimate of drug-likeness (QED) is 0.677. The van der Waals surface area contributed by atoms with Crippen LogP contribution in [0.4, 0.5) is 4.39 Å². The molecule has 86 valence electrons. The summed E-state index contributed by atoms with van der Waals surface area (Å²) in [7, 11) is 1.66. The van der Waals surface area contributed by atoms with Crippen molar-refractivity contribution in [2.45, 2.75) is 0 Å². The van der Waals surface area contributed by atoms with Gasteiger partial charge in [-0.15, -0.1) is 0 Å². The Morgan fingerprint density at radius 2 is 2.24 bits per heavy atom. The number of aromatic nitrogens is 2. The Hall–Kier alpha value is -2.30. The number of nitrogens with one attached hydrogen (secondary N) is 1. The number of halogens is 1. The maximum Gasteiger partial charge on any atom is 0.352 e. The van der Waals surface area contributed by atoms with E-state index < -0.39 is 5.97 Å². The lowest BCUT2D eigenvalue weighted by Gasteiger charge is -1.99. The zero-order chi connectivity index (χ0) is 12.2. The van der Waals surface area contributed by atoms with E-state index in [0.717, 1.165) is 0 Å². The summed E-state index contributed by atoms with van der Waals surface area (Å²) in [5.41, 5.74) is 1.92. The van der Waals surface area contributed by atoms with E-state index in [9.17, 15) is 9.18 Å². The molecule has 0 amide bonds. The van der Waals surface area contributed by atoms with Crippen LogP contribution in [0.25, 0.3) is 21.9 Å². The minimum absolute atomic E-state index is 0.178. The number of aromatic carboxylic acids is 1. The highest BCUT2D eigenvalue weighted by molar-refractivity contribution is 6.08. The van der Waals surface area contributed by atoms with E-state index in [1.165, 1.54) is 12.1 Å². The molecule has 3 rings (SSSR count). The summed E-state index contributed by atoms with van der Waals surface area (Å²) < 4.78 is 15.1. The molecule has 0 bridgehead atoms. The van der Waals surface area contributed by atoms with Gasteiger partial charge in [0.15, 0.2) is 0 Å². The van der Waals surface area contributed by atoms with E-state index in [2.05, 4.69) is 4.98 Å². The van der Waals surface area contributed by atoms with E-state index in [-0.39, 0.29) is 11.5 Å². The van der Waals surface area contributed by atoms with E-state index >= 15 is 0 Å². The standard InChI is InChI=1S/C12H9FN2O2/c1-15-9(12(16)17)5-8-11(15)6-3-2-4-7(13)10(6)14-8/h2-5,14H,1H3,(H,16,17). The molecule has 0 spiro atoms. The second-order valence-corrected chi connectivity index (χ2v) is 3.94. The van der Waals surface area contributed by atoms with Gasteiger partial charge in [0.2, 0.25) is 0 Å². The van der Waals surface area contributed by atoms with Gasteiger partial charge in [0, 0.05) is 12.4 Å². The average Bonchev–Trinajstić information content (AvgIpc) is 2.78. The maximum atomic E-state index is 13.5. The monoisotopic (exact) mass is 232 g/mol. The minimum Gasteiger partial charge on any atom is -0.477 e. The first-order chi connectivity index (χ1) is 8.09. The number of rotatable bonds is 1. The lowest BCUT2D eigenvalue weighted by atomic mass is 10.2. The molecule has 0 aliphatic rings. The van der Waals surface area contributed by atoms with Crippen LogP contribution < -0.4 is 0 Å². The van der Waals surface area contributed by atoms with Crippen molar-refractivity contribution in [2.75, 3.05) is 0 Å². The van der Waals surface area contributed by atoms with Gasteiger partial charge in [-0.2, -0.15) is 0 Å². The van der Waals surface area contributed by atoms with E-state index in [4.69, 9.17) is 5.11 Å². The van der Waals surface area contributed by atoms with Gasteiger partial charge >= 0.3 is 5.97 Å². The van der Waals surface area contributed by atoms with Crippen molar-refractivity contribution >= 4 is 27.9 Å². The molecule has 2 N–H and O–H groups in total. The van der Waals surface area contributed by atoms with Crippen LogP contribution in [0.3, 0.4) is 0 Å². The molecule has 0 fully saturated rings. The van der Waals surface area contributed by atoms with Crippen LogP contribution in [-0.2, 0) is 7.05 Å². The molecule has 0 saturated heterocycles. The SMILES string of the molecule is Cn1c(C(=O)O)cc2[nH]c3c(F)cccc3c21.